The molecule has 7 nitrogen and oxygen atoms in total. The SMILES string of the molecule is O=C(NCCNCC(O)COc1ccc(F)cc1F)N1CCOCC1. The Hall–Kier alpha value is -1.97. The van der Waals surface area contributed by atoms with Crippen molar-refractivity contribution < 1.29 is 28.2 Å². The summed E-state index contributed by atoms with van der Waals surface area (Å²) in [6.45, 7) is 3.23. The van der Waals surface area contributed by atoms with Crippen LogP contribution in [0.5, 0.6) is 5.75 Å². The molecule has 1 aromatic rings. The molecule has 1 aliphatic heterocycles. The van der Waals surface area contributed by atoms with Crippen LogP contribution < -0.4 is 15.4 Å². The molecule has 1 unspecified atom stereocenters. The van der Waals surface area contributed by atoms with Crippen molar-refractivity contribution in [3.05, 3.63) is 29.8 Å². The molecular weight excluding hydrogens is 336 g/mol. The predicted molar refractivity (Wildman–Crippen MR) is 86.5 cm³/mol. The Labute approximate surface area is 144 Å². The minimum absolute atomic E-state index is 0.113. The molecule has 1 atom stereocenters. The van der Waals surface area contributed by atoms with Crippen molar-refractivity contribution in [2.24, 2.45) is 0 Å². The fourth-order valence-electron chi connectivity index (χ4n) is 2.24. The standard InChI is InChI=1S/C16H23F2N3O4/c17-12-1-2-15(14(18)9-12)25-11-13(22)10-19-3-4-20-16(23)21-5-7-24-8-6-21/h1-2,9,13,19,22H,3-8,10-11H2,(H,20,23). The van der Waals surface area contributed by atoms with Crippen molar-refractivity contribution in [2.45, 2.75) is 6.10 Å². The fraction of sp³-hybridized carbons (Fsp3) is 0.562. The third kappa shape index (κ3) is 6.81. The van der Waals surface area contributed by atoms with Gasteiger partial charge in [-0.05, 0) is 12.1 Å². The van der Waals surface area contributed by atoms with E-state index in [1.54, 1.807) is 4.90 Å². The van der Waals surface area contributed by atoms with E-state index in [0.717, 1.165) is 12.1 Å². The monoisotopic (exact) mass is 359 g/mol. The smallest absolute Gasteiger partial charge is 0.317 e. The quantitative estimate of drug-likeness (QED) is 0.583. The Bertz CT molecular complexity index is 556. The first kappa shape index (κ1) is 19.4. The molecule has 2 amide bonds. The number of aliphatic hydroxyl groups is 1. The Balaban J connectivity index is 1.54. The normalized spacial score (nSPS) is 15.7. The number of rotatable bonds is 8. The first-order chi connectivity index (χ1) is 12.1. The highest BCUT2D eigenvalue weighted by Gasteiger charge is 2.15. The number of benzene rings is 1. The van der Waals surface area contributed by atoms with Gasteiger partial charge in [-0.15, -0.1) is 0 Å². The molecule has 140 valence electrons. The number of hydrogen-bond acceptors (Lipinski definition) is 5. The van der Waals surface area contributed by atoms with E-state index in [9.17, 15) is 18.7 Å². The number of nitrogens with zero attached hydrogens (tertiary/aromatic N) is 1. The van der Waals surface area contributed by atoms with Gasteiger partial charge in [0.05, 0.1) is 13.2 Å². The van der Waals surface area contributed by atoms with Crippen LogP contribution >= 0.6 is 0 Å². The van der Waals surface area contributed by atoms with Gasteiger partial charge in [0.15, 0.2) is 11.6 Å². The molecule has 25 heavy (non-hydrogen) atoms. The fourth-order valence-corrected chi connectivity index (χ4v) is 2.24. The highest BCUT2D eigenvalue weighted by atomic mass is 19.1. The van der Waals surface area contributed by atoms with Gasteiger partial charge < -0.3 is 30.1 Å². The molecule has 0 spiro atoms. The molecule has 1 aromatic carbocycles. The van der Waals surface area contributed by atoms with E-state index in [-0.39, 0.29) is 24.9 Å². The van der Waals surface area contributed by atoms with Crippen LogP contribution in [0.25, 0.3) is 0 Å². The zero-order valence-electron chi connectivity index (χ0n) is 13.8. The van der Waals surface area contributed by atoms with Gasteiger partial charge in [0.1, 0.15) is 18.5 Å². The summed E-state index contributed by atoms with van der Waals surface area (Å²) in [7, 11) is 0. The van der Waals surface area contributed by atoms with Gasteiger partial charge in [0, 0.05) is 38.8 Å². The maximum Gasteiger partial charge on any atom is 0.317 e. The van der Waals surface area contributed by atoms with Crippen molar-refractivity contribution >= 4 is 6.03 Å². The second kappa shape index (κ2) is 10.1. The van der Waals surface area contributed by atoms with Gasteiger partial charge in [-0.3, -0.25) is 0 Å². The molecule has 1 fully saturated rings. The van der Waals surface area contributed by atoms with Crippen LogP contribution in [0, 0.1) is 11.6 Å². The number of hydrogen-bond donors (Lipinski definition) is 3. The van der Waals surface area contributed by atoms with Gasteiger partial charge in [0.2, 0.25) is 0 Å². The molecule has 2 rings (SSSR count). The molecular formula is C16H23F2N3O4. The first-order valence-corrected chi connectivity index (χ1v) is 8.13. The number of morpholine rings is 1. The van der Waals surface area contributed by atoms with Gasteiger partial charge in [-0.2, -0.15) is 0 Å². The molecule has 0 aromatic heterocycles. The van der Waals surface area contributed by atoms with E-state index >= 15 is 0 Å². The van der Waals surface area contributed by atoms with Crippen LogP contribution in [0.3, 0.4) is 0 Å². The lowest BCUT2D eigenvalue weighted by atomic mass is 10.3. The minimum Gasteiger partial charge on any atom is -0.488 e. The molecule has 0 radical (unpaired) electrons. The average Bonchev–Trinajstić information content (AvgIpc) is 2.61. The number of urea groups is 1. The maximum absolute atomic E-state index is 13.4. The first-order valence-electron chi connectivity index (χ1n) is 8.13. The van der Waals surface area contributed by atoms with Crippen LogP contribution in [-0.4, -0.2) is 74.7 Å². The largest absolute Gasteiger partial charge is 0.488 e. The molecule has 1 heterocycles. The van der Waals surface area contributed by atoms with Crippen molar-refractivity contribution in [1.29, 1.82) is 0 Å². The van der Waals surface area contributed by atoms with Crippen LogP contribution in [0.4, 0.5) is 13.6 Å². The molecule has 1 saturated heterocycles. The third-order valence-corrected chi connectivity index (χ3v) is 3.58. The summed E-state index contributed by atoms with van der Waals surface area (Å²) in [6, 6.07) is 2.84. The van der Waals surface area contributed by atoms with Crippen LogP contribution in [0.2, 0.25) is 0 Å². The number of carbonyl (C=O) groups is 1. The summed E-state index contributed by atoms with van der Waals surface area (Å²) >= 11 is 0. The molecule has 1 aliphatic rings. The van der Waals surface area contributed by atoms with Crippen LogP contribution in [-0.2, 0) is 4.74 Å². The number of ether oxygens (including phenoxy) is 2. The van der Waals surface area contributed by atoms with E-state index in [2.05, 4.69) is 10.6 Å². The summed E-state index contributed by atoms with van der Waals surface area (Å²) in [5.41, 5.74) is 0. The summed E-state index contributed by atoms with van der Waals surface area (Å²) in [4.78, 5) is 13.5. The maximum atomic E-state index is 13.4. The van der Waals surface area contributed by atoms with Crippen molar-refractivity contribution in [1.82, 2.24) is 15.5 Å². The average molecular weight is 359 g/mol. The lowest BCUT2D eigenvalue weighted by Gasteiger charge is -2.27. The second-order valence-corrected chi connectivity index (χ2v) is 5.58. The number of carbonyl (C=O) groups excluding carboxylic acids is 1. The highest BCUT2D eigenvalue weighted by Crippen LogP contribution is 2.17. The summed E-state index contributed by atoms with van der Waals surface area (Å²) in [5, 5.41) is 15.5. The van der Waals surface area contributed by atoms with Gasteiger partial charge in [-0.1, -0.05) is 0 Å². The Morgan fingerprint density at radius 3 is 2.80 bits per heavy atom. The Kier molecular flexibility index (Phi) is 7.83. The van der Waals surface area contributed by atoms with Gasteiger partial charge >= 0.3 is 6.03 Å². The molecule has 3 N–H and O–H groups in total. The number of amides is 2. The third-order valence-electron chi connectivity index (χ3n) is 3.58. The number of aliphatic hydroxyl groups excluding tert-OH is 1. The summed E-state index contributed by atoms with van der Waals surface area (Å²) < 4.78 is 36.4. The van der Waals surface area contributed by atoms with Crippen molar-refractivity contribution in [2.75, 3.05) is 52.5 Å². The van der Waals surface area contributed by atoms with Crippen molar-refractivity contribution in [3.63, 3.8) is 0 Å². The summed E-state index contributed by atoms with van der Waals surface area (Å²) in [5.74, 6) is -1.62. The summed E-state index contributed by atoms with van der Waals surface area (Å²) in [6.07, 6.45) is -0.862. The number of nitrogens with one attached hydrogen (secondary N) is 2. The van der Waals surface area contributed by atoms with E-state index in [4.69, 9.17) is 9.47 Å². The zero-order valence-corrected chi connectivity index (χ0v) is 13.8. The predicted octanol–water partition coefficient (Wildman–Crippen LogP) is 0.336. The van der Waals surface area contributed by atoms with Gasteiger partial charge in [-0.25, -0.2) is 13.6 Å². The zero-order chi connectivity index (χ0) is 18.1. The van der Waals surface area contributed by atoms with E-state index in [0.29, 0.717) is 39.4 Å². The molecule has 0 aliphatic carbocycles. The Morgan fingerprint density at radius 1 is 1.32 bits per heavy atom. The second-order valence-electron chi connectivity index (χ2n) is 5.58. The number of halogens is 2. The molecule has 9 heteroatoms. The lowest BCUT2D eigenvalue weighted by Crippen LogP contribution is -2.47. The molecule has 0 saturated carbocycles. The van der Waals surface area contributed by atoms with Crippen LogP contribution in [0.1, 0.15) is 0 Å². The Morgan fingerprint density at radius 2 is 2.08 bits per heavy atom. The minimum atomic E-state index is -0.862. The highest BCUT2D eigenvalue weighted by molar-refractivity contribution is 5.74. The molecule has 0 bridgehead atoms. The lowest BCUT2D eigenvalue weighted by molar-refractivity contribution is 0.0532. The van der Waals surface area contributed by atoms with Crippen LogP contribution in [0.15, 0.2) is 18.2 Å². The van der Waals surface area contributed by atoms with Crippen molar-refractivity contribution in [3.8, 4) is 5.75 Å². The van der Waals surface area contributed by atoms with Gasteiger partial charge in [0.25, 0.3) is 0 Å². The topological polar surface area (TPSA) is 83.1 Å². The van der Waals surface area contributed by atoms with E-state index < -0.39 is 17.7 Å². The van der Waals surface area contributed by atoms with E-state index in [1.165, 1.54) is 6.07 Å². The van der Waals surface area contributed by atoms with E-state index in [1.807, 2.05) is 0 Å².